The Hall–Kier alpha value is -1.74. The molecule has 2 rings (SSSR count). The normalized spacial score (nSPS) is 12.3. The van der Waals surface area contributed by atoms with Gasteiger partial charge >= 0.3 is 0 Å². The van der Waals surface area contributed by atoms with E-state index in [9.17, 15) is 8.42 Å². The summed E-state index contributed by atoms with van der Waals surface area (Å²) < 4.78 is 29.7. The van der Waals surface area contributed by atoms with Crippen LogP contribution in [0.25, 0.3) is 11.6 Å². The second-order valence-corrected chi connectivity index (χ2v) is 6.08. The SMILES string of the molecule is Cc1ncoc1-c1nnc(S(N)(=O)=O)n1CC(C)C. The van der Waals surface area contributed by atoms with E-state index in [0.29, 0.717) is 23.8 Å². The third-order valence-corrected chi connectivity index (χ3v) is 3.28. The van der Waals surface area contributed by atoms with Crippen molar-refractivity contribution in [2.75, 3.05) is 0 Å². The molecule has 2 aromatic rings. The molecule has 0 aliphatic rings. The molecule has 2 heterocycles. The number of nitrogens with zero attached hydrogens (tertiary/aromatic N) is 4. The van der Waals surface area contributed by atoms with Crippen LogP contribution in [0.3, 0.4) is 0 Å². The van der Waals surface area contributed by atoms with Gasteiger partial charge in [0.05, 0.1) is 5.69 Å². The van der Waals surface area contributed by atoms with Crippen LogP contribution in [0.2, 0.25) is 0 Å². The Balaban J connectivity index is 2.63. The van der Waals surface area contributed by atoms with E-state index in [0.717, 1.165) is 0 Å². The van der Waals surface area contributed by atoms with Gasteiger partial charge in [0.25, 0.3) is 15.2 Å². The van der Waals surface area contributed by atoms with Crippen LogP contribution in [0.1, 0.15) is 19.5 Å². The zero-order chi connectivity index (χ0) is 14.2. The number of aryl methyl sites for hydroxylation is 1. The number of rotatable bonds is 4. The molecule has 0 unspecified atom stereocenters. The summed E-state index contributed by atoms with van der Waals surface area (Å²) in [5.41, 5.74) is 0.610. The summed E-state index contributed by atoms with van der Waals surface area (Å²) in [5, 5.41) is 12.4. The zero-order valence-electron chi connectivity index (χ0n) is 10.9. The van der Waals surface area contributed by atoms with Crippen LogP contribution in [0.5, 0.6) is 0 Å². The Morgan fingerprint density at radius 3 is 2.58 bits per heavy atom. The molecular formula is C10H15N5O3S. The number of nitrogens with two attached hydrogens (primary N) is 1. The summed E-state index contributed by atoms with van der Waals surface area (Å²) in [6, 6.07) is 0. The van der Waals surface area contributed by atoms with Crippen LogP contribution >= 0.6 is 0 Å². The highest BCUT2D eigenvalue weighted by Crippen LogP contribution is 2.23. The van der Waals surface area contributed by atoms with Crippen molar-refractivity contribution < 1.29 is 12.8 Å². The molecule has 0 radical (unpaired) electrons. The fraction of sp³-hybridized carbons (Fsp3) is 0.500. The molecule has 0 amide bonds. The number of aromatic nitrogens is 4. The Kier molecular flexibility index (Phi) is 3.42. The second kappa shape index (κ2) is 4.74. The standard InChI is InChI=1S/C10H15N5O3S/c1-6(2)4-15-9(8-7(3)12-5-18-8)13-14-10(15)19(11,16)17/h5-6H,4H2,1-3H3,(H2,11,16,17). The van der Waals surface area contributed by atoms with E-state index >= 15 is 0 Å². The van der Waals surface area contributed by atoms with E-state index in [4.69, 9.17) is 9.56 Å². The highest BCUT2D eigenvalue weighted by atomic mass is 32.2. The fourth-order valence-corrected chi connectivity index (χ4v) is 2.34. The van der Waals surface area contributed by atoms with Gasteiger partial charge in [0.1, 0.15) is 0 Å². The molecule has 0 saturated heterocycles. The summed E-state index contributed by atoms with van der Waals surface area (Å²) in [6.07, 6.45) is 1.27. The predicted molar refractivity (Wildman–Crippen MR) is 66.5 cm³/mol. The van der Waals surface area contributed by atoms with Crippen molar-refractivity contribution in [1.82, 2.24) is 19.7 Å². The lowest BCUT2D eigenvalue weighted by molar-refractivity contribution is 0.478. The third-order valence-electron chi connectivity index (χ3n) is 2.47. The van der Waals surface area contributed by atoms with Gasteiger partial charge in [0, 0.05) is 6.54 Å². The molecule has 0 aliphatic heterocycles. The lowest BCUT2D eigenvalue weighted by atomic mass is 10.2. The van der Waals surface area contributed by atoms with E-state index < -0.39 is 10.0 Å². The highest BCUT2D eigenvalue weighted by molar-refractivity contribution is 7.89. The topological polar surface area (TPSA) is 117 Å². The average Bonchev–Trinajstić information content (AvgIpc) is 2.82. The molecule has 8 nitrogen and oxygen atoms in total. The maximum Gasteiger partial charge on any atom is 0.273 e. The summed E-state index contributed by atoms with van der Waals surface area (Å²) in [6.45, 7) is 6.05. The molecule has 2 aromatic heterocycles. The summed E-state index contributed by atoms with van der Waals surface area (Å²) >= 11 is 0. The van der Waals surface area contributed by atoms with Gasteiger partial charge in [-0.1, -0.05) is 13.8 Å². The van der Waals surface area contributed by atoms with Crippen LogP contribution in [0.15, 0.2) is 16.0 Å². The minimum absolute atomic E-state index is 0.193. The first-order chi connectivity index (χ1) is 8.80. The minimum atomic E-state index is -3.93. The number of primary sulfonamides is 1. The predicted octanol–water partition coefficient (Wildman–Crippen LogP) is 0.545. The Morgan fingerprint density at radius 1 is 1.42 bits per heavy atom. The first-order valence-electron chi connectivity index (χ1n) is 5.67. The molecule has 0 aromatic carbocycles. The Labute approximate surface area is 110 Å². The molecule has 0 aliphatic carbocycles. The molecule has 9 heteroatoms. The summed E-state index contributed by atoms with van der Waals surface area (Å²) in [7, 11) is -3.93. The van der Waals surface area contributed by atoms with Crippen LogP contribution in [0.4, 0.5) is 0 Å². The monoisotopic (exact) mass is 285 g/mol. The molecule has 0 atom stereocenters. The number of sulfonamides is 1. The van der Waals surface area contributed by atoms with Crippen LogP contribution in [-0.2, 0) is 16.6 Å². The summed E-state index contributed by atoms with van der Waals surface area (Å²) in [5.74, 6) is 0.897. The lowest BCUT2D eigenvalue weighted by Crippen LogP contribution is -2.20. The fourth-order valence-electron chi connectivity index (χ4n) is 1.71. The van der Waals surface area contributed by atoms with E-state index in [1.807, 2.05) is 13.8 Å². The number of hydrogen-bond acceptors (Lipinski definition) is 6. The first-order valence-corrected chi connectivity index (χ1v) is 7.21. The molecular weight excluding hydrogens is 270 g/mol. The zero-order valence-corrected chi connectivity index (χ0v) is 11.7. The maximum atomic E-state index is 11.5. The number of hydrogen-bond donors (Lipinski definition) is 1. The summed E-state index contributed by atoms with van der Waals surface area (Å²) in [4.78, 5) is 3.96. The Bertz CT molecular complexity index is 686. The van der Waals surface area contributed by atoms with Crippen molar-refractivity contribution in [3.63, 3.8) is 0 Å². The smallest absolute Gasteiger partial charge is 0.273 e. The van der Waals surface area contributed by atoms with Crippen LogP contribution in [-0.4, -0.2) is 28.2 Å². The van der Waals surface area contributed by atoms with Gasteiger partial charge in [0.15, 0.2) is 12.2 Å². The third kappa shape index (κ3) is 2.66. The average molecular weight is 285 g/mol. The minimum Gasteiger partial charge on any atom is -0.440 e. The molecule has 0 fully saturated rings. The van der Waals surface area contributed by atoms with Gasteiger partial charge in [-0.25, -0.2) is 18.5 Å². The second-order valence-electron chi connectivity index (χ2n) is 4.62. The van der Waals surface area contributed by atoms with E-state index in [1.54, 1.807) is 6.92 Å². The van der Waals surface area contributed by atoms with Crippen molar-refractivity contribution in [1.29, 1.82) is 0 Å². The largest absolute Gasteiger partial charge is 0.440 e. The molecule has 19 heavy (non-hydrogen) atoms. The maximum absolute atomic E-state index is 11.5. The molecule has 2 N–H and O–H groups in total. The molecule has 104 valence electrons. The van der Waals surface area contributed by atoms with Crippen molar-refractivity contribution in [2.24, 2.45) is 11.1 Å². The van der Waals surface area contributed by atoms with Crippen molar-refractivity contribution in [3.05, 3.63) is 12.1 Å². The van der Waals surface area contributed by atoms with Crippen molar-refractivity contribution in [3.8, 4) is 11.6 Å². The lowest BCUT2D eigenvalue weighted by Gasteiger charge is -2.10. The number of oxazole rings is 1. The van der Waals surface area contributed by atoms with E-state index in [-0.39, 0.29) is 11.1 Å². The van der Waals surface area contributed by atoms with Gasteiger partial charge in [-0.15, -0.1) is 10.2 Å². The van der Waals surface area contributed by atoms with Gasteiger partial charge in [-0.05, 0) is 12.8 Å². The van der Waals surface area contributed by atoms with Gasteiger partial charge < -0.3 is 4.42 Å². The first kappa shape index (κ1) is 13.7. The van der Waals surface area contributed by atoms with Gasteiger partial charge in [-0.2, -0.15) is 0 Å². The van der Waals surface area contributed by atoms with E-state index in [1.165, 1.54) is 11.0 Å². The molecule has 0 bridgehead atoms. The van der Waals surface area contributed by atoms with E-state index in [2.05, 4.69) is 15.2 Å². The molecule has 0 saturated carbocycles. The molecule has 0 spiro atoms. The van der Waals surface area contributed by atoms with Crippen molar-refractivity contribution in [2.45, 2.75) is 32.5 Å². The van der Waals surface area contributed by atoms with Crippen LogP contribution < -0.4 is 5.14 Å². The Morgan fingerprint density at radius 2 is 2.11 bits per heavy atom. The van der Waals surface area contributed by atoms with Crippen LogP contribution in [0, 0.1) is 12.8 Å². The quantitative estimate of drug-likeness (QED) is 0.876. The highest BCUT2D eigenvalue weighted by Gasteiger charge is 2.25. The van der Waals surface area contributed by atoms with Gasteiger partial charge in [0.2, 0.25) is 5.82 Å². The van der Waals surface area contributed by atoms with Crippen molar-refractivity contribution >= 4 is 10.0 Å². The van der Waals surface area contributed by atoms with Gasteiger partial charge in [-0.3, -0.25) is 4.57 Å².